The van der Waals surface area contributed by atoms with E-state index in [1.807, 2.05) is 27.0 Å². The number of anilines is 1. The fraction of sp³-hybridized carbons (Fsp3) is 0.440. The Balaban J connectivity index is 1.45. The Morgan fingerprint density at radius 3 is 2.62 bits per heavy atom. The number of nitrogens with zero attached hydrogens (tertiary/aromatic N) is 5. The molecule has 1 amide bonds. The highest BCUT2D eigenvalue weighted by Gasteiger charge is 2.28. The summed E-state index contributed by atoms with van der Waals surface area (Å²) < 4.78 is 27.2. The van der Waals surface area contributed by atoms with E-state index in [0.717, 1.165) is 12.8 Å². The van der Waals surface area contributed by atoms with Crippen molar-refractivity contribution in [1.29, 1.82) is 0 Å². The Morgan fingerprint density at radius 1 is 1.24 bits per heavy atom. The maximum Gasteiger partial charge on any atom is 0.410 e. The predicted octanol–water partition coefficient (Wildman–Crippen LogP) is 6.08. The minimum Gasteiger partial charge on any atom is -0.482 e. The zero-order valence-electron chi connectivity index (χ0n) is 21.0. The molecule has 0 bridgehead atoms. The third kappa shape index (κ3) is 6.24. The standard InChI is InChI=1S/C25H29Cl2FN6O3/c1-14(21-17(26)5-6-18(28)22(21)27)36-20-11-15(12-30-23(20)29)19-13-34(32-31-19)16-7-9-33(10-8-16)24(35)37-25(2,3)4/h5-6,11-14,16H,7-10H2,1-4H3,(H2,29,30). The van der Waals surface area contributed by atoms with Crippen molar-refractivity contribution in [3.8, 4) is 17.0 Å². The number of hydrogen-bond acceptors (Lipinski definition) is 7. The lowest BCUT2D eigenvalue weighted by Gasteiger charge is -2.33. The molecule has 0 radical (unpaired) electrons. The van der Waals surface area contributed by atoms with Gasteiger partial charge in [-0.25, -0.2) is 18.9 Å². The van der Waals surface area contributed by atoms with E-state index in [0.29, 0.717) is 29.9 Å². The zero-order chi connectivity index (χ0) is 26.9. The molecule has 12 heteroatoms. The van der Waals surface area contributed by atoms with Crippen LogP contribution >= 0.6 is 23.2 Å². The highest BCUT2D eigenvalue weighted by molar-refractivity contribution is 6.36. The number of pyridine rings is 1. The van der Waals surface area contributed by atoms with Crippen LogP contribution < -0.4 is 10.5 Å². The number of ether oxygens (including phenoxy) is 2. The molecule has 9 nitrogen and oxygen atoms in total. The minimum absolute atomic E-state index is 0.0923. The van der Waals surface area contributed by atoms with Crippen LogP contribution in [0.5, 0.6) is 5.75 Å². The highest BCUT2D eigenvalue weighted by atomic mass is 35.5. The number of piperidine rings is 1. The predicted molar refractivity (Wildman–Crippen MR) is 139 cm³/mol. The lowest BCUT2D eigenvalue weighted by atomic mass is 10.1. The second kappa shape index (κ2) is 10.7. The highest BCUT2D eigenvalue weighted by Crippen LogP contribution is 2.37. The maximum atomic E-state index is 14.0. The quantitative estimate of drug-likeness (QED) is 0.383. The van der Waals surface area contributed by atoms with Gasteiger partial charge in [-0.15, -0.1) is 5.10 Å². The minimum atomic E-state index is -0.694. The SMILES string of the molecule is CC(Oc1cc(-c2cn(C3CCN(C(=O)OC(C)(C)C)CC3)nn2)cnc1N)c1c(Cl)ccc(F)c1Cl. The first kappa shape index (κ1) is 26.9. The molecular formula is C25H29Cl2FN6O3. The van der Waals surface area contributed by atoms with Crippen LogP contribution in [0.2, 0.25) is 10.0 Å². The van der Waals surface area contributed by atoms with Gasteiger partial charge in [0, 0.05) is 35.4 Å². The van der Waals surface area contributed by atoms with E-state index in [4.69, 9.17) is 38.4 Å². The Morgan fingerprint density at radius 2 is 1.95 bits per heavy atom. The molecule has 37 heavy (non-hydrogen) atoms. The number of carbonyl (C=O) groups is 1. The molecule has 0 aliphatic carbocycles. The molecule has 1 fully saturated rings. The fourth-order valence-electron chi connectivity index (χ4n) is 4.08. The number of halogens is 3. The van der Waals surface area contributed by atoms with E-state index in [1.165, 1.54) is 12.1 Å². The summed E-state index contributed by atoms with van der Waals surface area (Å²) in [7, 11) is 0. The van der Waals surface area contributed by atoms with Crippen molar-refractivity contribution < 1.29 is 18.7 Å². The molecule has 1 unspecified atom stereocenters. The van der Waals surface area contributed by atoms with Gasteiger partial charge >= 0.3 is 6.09 Å². The Hall–Kier alpha value is -3.11. The number of rotatable bonds is 5. The zero-order valence-corrected chi connectivity index (χ0v) is 22.6. The molecule has 3 heterocycles. The molecule has 1 aliphatic heterocycles. The molecule has 2 N–H and O–H groups in total. The van der Waals surface area contributed by atoms with Gasteiger partial charge in [0.1, 0.15) is 23.2 Å². The van der Waals surface area contributed by atoms with Crippen LogP contribution in [0.25, 0.3) is 11.3 Å². The van der Waals surface area contributed by atoms with E-state index in [9.17, 15) is 9.18 Å². The van der Waals surface area contributed by atoms with E-state index in [1.54, 1.807) is 28.8 Å². The molecule has 2 aromatic heterocycles. The number of nitrogens with two attached hydrogens (primary N) is 1. The molecule has 1 atom stereocenters. The van der Waals surface area contributed by atoms with Crippen molar-refractivity contribution in [2.75, 3.05) is 18.8 Å². The van der Waals surface area contributed by atoms with Crippen LogP contribution in [-0.4, -0.2) is 49.7 Å². The number of hydrogen-bond donors (Lipinski definition) is 1. The van der Waals surface area contributed by atoms with Crippen LogP contribution in [0.1, 0.15) is 58.2 Å². The monoisotopic (exact) mass is 550 g/mol. The van der Waals surface area contributed by atoms with E-state index in [2.05, 4.69) is 15.3 Å². The smallest absolute Gasteiger partial charge is 0.410 e. The van der Waals surface area contributed by atoms with E-state index >= 15 is 0 Å². The van der Waals surface area contributed by atoms with Crippen LogP contribution in [0.15, 0.2) is 30.6 Å². The van der Waals surface area contributed by atoms with Crippen molar-refractivity contribution in [3.63, 3.8) is 0 Å². The van der Waals surface area contributed by atoms with Gasteiger partial charge in [0.15, 0.2) is 11.6 Å². The number of nitrogen functional groups attached to an aromatic ring is 1. The van der Waals surface area contributed by atoms with Crippen LogP contribution in [0.4, 0.5) is 15.0 Å². The topological polar surface area (TPSA) is 108 Å². The average Bonchev–Trinajstić information content (AvgIpc) is 3.32. The van der Waals surface area contributed by atoms with E-state index < -0.39 is 17.5 Å². The van der Waals surface area contributed by atoms with Gasteiger partial charge in [-0.3, -0.25) is 0 Å². The third-order valence-corrected chi connectivity index (χ3v) is 6.68. The summed E-state index contributed by atoms with van der Waals surface area (Å²) >= 11 is 12.4. The summed E-state index contributed by atoms with van der Waals surface area (Å²) in [5.41, 5.74) is 7.05. The van der Waals surface area contributed by atoms with Gasteiger partial charge < -0.3 is 20.1 Å². The molecule has 1 aliphatic rings. The normalized spacial score (nSPS) is 15.5. The summed E-state index contributed by atoms with van der Waals surface area (Å²) in [5, 5.41) is 8.76. The number of amides is 1. The molecular weight excluding hydrogens is 522 g/mol. The lowest BCUT2D eigenvalue weighted by molar-refractivity contribution is 0.0184. The fourth-order valence-corrected chi connectivity index (χ4v) is 4.76. The molecule has 0 saturated carbocycles. The number of aromatic nitrogens is 4. The molecule has 4 rings (SSSR count). The van der Waals surface area contributed by atoms with Crippen molar-refractivity contribution in [1.82, 2.24) is 24.9 Å². The second-order valence-electron chi connectivity index (χ2n) is 9.91. The second-order valence-corrected chi connectivity index (χ2v) is 10.7. The molecule has 1 saturated heterocycles. The summed E-state index contributed by atoms with van der Waals surface area (Å²) in [6.07, 6.45) is 3.86. The first-order chi connectivity index (χ1) is 17.4. The molecule has 1 aromatic carbocycles. The Labute approximate surface area is 224 Å². The molecule has 198 valence electrons. The van der Waals surface area contributed by atoms with Crippen molar-refractivity contribution in [2.24, 2.45) is 0 Å². The average molecular weight is 551 g/mol. The van der Waals surface area contributed by atoms with Gasteiger partial charge in [-0.2, -0.15) is 0 Å². The van der Waals surface area contributed by atoms with Crippen molar-refractivity contribution in [2.45, 2.75) is 58.3 Å². The Bertz CT molecular complexity index is 1290. The van der Waals surface area contributed by atoms with Crippen molar-refractivity contribution in [3.05, 3.63) is 52.0 Å². The number of carbonyl (C=O) groups excluding carboxylic acids is 1. The third-order valence-electron chi connectivity index (χ3n) is 5.97. The molecule has 0 spiro atoms. The van der Waals surface area contributed by atoms with Gasteiger partial charge in [0.25, 0.3) is 0 Å². The van der Waals surface area contributed by atoms with Gasteiger partial charge in [-0.1, -0.05) is 28.4 Å². The van der Waals surface area contributed by atoms with Crippen LogP contribution in [0, 0.1) is 5.82 Å². The lowest BCUT2D eigenvalue weighted by Crippen LogP contribution is -2.42. The summed E-state index contributed by atoms with van der Waals surface area (Å²) in [5.74, 6) is -0.160. The molecule has 3 aromatic rings. The van der Waals surface area contributed by atoms with Crippen LogP contribution in [-0.2, 0) is 4.74 Å². The first-order valence-corrected chi connectivity index (χ1v) is 12.6. The summed E-state index contributed by atoms with van der Waals surface area (Å²) in [4.78, 5) is 18.3. The number of benzene rings is 1. The first-order valence-electron chi connectivity index (χ1n) is 11.9. The summed E-state index contributed by atoms with van der Waals surface area (Å²) in [6, 6.07) is 4.41. The summed E-state index contributed by atoms with van der Waals surface area (Å²) in [6.45, 7) is 8.38. The van der Waals surface area contributed by atoms with Crippen LogP contribution in [0.3, 0.4) is 0 Å². The van der Waals surface area contributed by atoms with Gasteiger partial charge in [0.05, 0.1) is 17.3 Å². The number of likely N-dealkylation sites (tertiary alicyclic amines) is 1. The maximum absolute atomic E-state index is 14.0. The Kier molecular flexibility index (Phi) is 7.80. The van der Waals surface area contributed by atoms with Gasteiger partial charge in [0.2, 0.25) is 0 Å². The van der Waals surface area contributed by atoms with E-state index in [-0.39, 0.29) is 33.7 Å². The largest absolute Gasteiger partial charge is 0.482 e. The van der Waals surface area contributed by atoms with Gasteiger partial charge in [-0.05, 0) is 58.7 Å². The van der Waals surface area contributed by atoms with Crippen molar-refractivity contribution >= 4 is 35.1 Å².